The van der Waals surface area contributed by atoms with Crippen LogP contribution in [0.2, 0.25) is 0 Å². The zero-order valence-electron chi connectivity index (χ0n) is 7.55. The number of amides is 1. The van der Waals surface area contributed by atoms with Crippen LogP contribution >= 0.6 is 11.6 Å². The fraction of sp³-hybridized carbons (Fsp3) is 0.889. The SMILES string of the molecule is CCCN(C(=O)CCCl)C1CC1. The maximum absolute atomic E-state index is 11.5. The van der Waals surface area contributed by atoms with Gasteiger partial charge in [-0.2, -0.15) is 0 Å². The molecule has 0 saturated heterocycles. The minimum atomic E-state index is 0.231. The third-order valence-electron chi connectivity index (χ3n) is 2.08. The molecule has 0 bridgehead atoms. The Balaban J connectivity index is 2.34. The lowest BCUT2D eigenvalue weighted by Crippen LogP contribution is -2.33. The molecule has 70 valence electrons. The van der Waals surface area contributed by atoms with Gasteiger partial charge in [-0.25, -0.2) is 0 Å². The second kappa shape index (κ2) is 4.70. The molecule has 2 nitrogen and oxygen atoms in total. The number of carbonyl (C=O) groups is 1. The van der Waals surface area contributed by atoms with Crippen LogP contribution in [-0.2, 0) is 4.79 Å². The highest BCUT2D eigenvalue weighted by Crippen LogP contribution is 2.27. The zero-order chi connectivity index (χ0) is 8.97. The fourth-order valence-electron chi connectivity index (χ4n) is 1.36. The van der Waals surface area contributed by atoms with Crippen LogP contribution in [0.3, 0.4) is 0 Å². The molecule has 0 radical (unpaired) electrons. The highest BCUT2D eigenvalue weighted by Gasteiger charge is 2.31. The van der Waals surface area contributed by atoms with Crippen molar-refractivity contribution < 1.29 is 4.79 Å². The van der Waals surface area contributed by atoms with Crippen molar-refractivity contribution in [3.05, 3.63) is 0 Å². The van der Waals surface area contributed by atoms with Gasteiger partial charge in [-0.05, 0) is 19.3 Å². The molecule has 0 atom stereocenters. The molecule has 0 unspecified atom stereocenters. The quantitative estimate of drug-likeness (QED) is 0.606. The van der Waals surface area contributed by atoms with Crippen molar-refractivity contribution in [2.45, 2.75) is 38.6 Å². The van der Waals surface area contributed by atoms with Crippen molar-refractivity contribution >= 4 is 17.5 Å². The summed E-state index contributed by atoms with van der Waals surface area (Å²) < 4.78 is 0. The highest BCUT2D eigenvalue weighted by atomic mass is 35.5. The van der Waals surface area contributed by atoms with Crippen molar-refractivity contribution in [1.29, 1.82) is 0 Å². The second-order valence-corrected chi connectivity index (χ2v) is 3.64. The average molecular weight is 190 g/mol. The summed E-state index contributed by atoms with van der Waals surface area (Å²) in [5.41, 5.74) is 0. The van der Waals surface area contributed by atoms with Gasteiger partial charge < -0.3 is 4.90 Å². The molecule has 1 amide bonds. The summed E-state index contributed by atoms with van der Waals surface area (Å²) in [5, 5.41) is 0. The number of rotatable bonds is 5. The van der Waals surface area contributed by atoms with Gasteiger partial charge in [0.05, 0.1) is 0 Å². The van der Waals surface area contributed by atoms with Crippen molar-refractivity contribution in [2.24, 2.45) is 0 Å². The van der Waals surface area contributed by atoms with Gasteiger partial charge in [-0.1, -0.05) is 6.92 Å². The molecule has 1 aliphatic carbocycles. The number of hydrogen-bond donors (Lipinski definition) is 0. The van der Waals surface area contributed by atoms with E-state index in [-0.39, 0.29) is 5.91 Å². The molecule has 1 rings (SSSR count). The molecule has 3 heteroatoms. The monoisotopic (exact) mass is 189 g/mol. The molecule has 0 aromatic rings. The Hall–Kier alpha value is -0.240. The van der Waals surface area contributed by atoms with E-state index in [1.807, 2.05) is 4.90 Å². The Morgan fingerprint density at radius 3 is 2.67 bits per heavy atom. The highest BCUT2D eigenvalue weighted by molar-refractivity contribution is 6.18. The summed E-state index contributed by atoms with van der Waals surface area (Å²) in [6.07, 6.45) is 3.92. The fourth-order valence-corrected chi connectivity index (χ4v) is 1.52. The molecule has 0 aromatic heterocycles. The standard InChI is InChI=1S/C9H16ClNO/c1-2-7-11(8-3-4-8)9(12)5-6-10/h8H,2-7H2,1H3. The average Bonchev–Trinajstić information content (AvgIpc) is 2.83. The third-order valence-corrected chi connectivity index (χ3v) is 2.27. The van der Waals surface area contributed by atoms with Gasteiger partial charge in [-0.15, -0.1) is 11.6 Å². The normalized spacial score (nSPS) is 16.2. The Morgan fingerprint density at radius 2 is 2.25 bits per heavy atom. The first-order valence-corrected chi connectivity index (χ1v) is 5.18. The lowest BCUT2D eigenvalue weighted by atomic mass is 10.3. The van der Waals surface area contributed by atoms with Gasteiger partial charge in [0.15, 0.2) is 0 Å². The number of hydrogen-bond acceptors (Lipinski definition) is 1. The predicted octanol–water partition coefficient (Wildman–Crippen LogP) is 2.02. The molecule has 0 aromatic carbocycles. The predicted molar refractivity (Wildman–Crippen MR) is 50.4 cm³/mol. The number of alkyl halides is 1. The largest absolute Gasteiger partial charge is 0.340 e. The van der Waals surface area contributed by atoms with Gasteiger partial charge in [0.25, 0.3) is 0 Å². The van der Waals surface area contributed by atoms with Crippen LogP contribution in [0, 0.1) is 0 Å². The molecular weight excluding hydrogens is 174 g/mol. The van der Waals surface area contributed by atoms with Gasteiger partial charge in [0.2, 0.25) is 5.91 Å². The Morgan fingerprint density at radius 1 is 1.58 bits per heavy atom. The van der Waals surface area contributed by atoms with Crippen molar-refractivity contribution in [3.63, 3.8) is 0 Å². The molecule has 1 aliphatic rings. The minimum absolute atomic E-state index is 0.231. The first-order valence-electron chi connectivity index (χ1n) is 4.65. The first-order chi connectivity index (χ1) is 5.79. The third kappa shape index (κ3) is 2.67. The smallest absolute Gasteiger partial charge is 0.224 e. The maximum Gasteiger partial charge on any atom is 0.224 e. The summed E-state index contributed by atoms with van der Waals surface area (Å²) in [6, 6.07) is 0.542. The minimum Gasteiger partial charge on any atom is -0.340 e. The molecule has 0 aliphatic heterocycles. The zero-order valence-corrected chi connectivity index (χ0v) is 8.31. The van der Waals surface area contributed by atoms with Crippen LogP contribution in [0.1, 0.15) is 32.6 Å². The molecule has 1 saturated carbocycles. The van der Waals surface area contributed by atoms with E-state index in [1.54, 1.807) is 0 Å². The van der Waals surface area contributed by atoms with Crippen molar-refractivity contribution in [3.8, 4) is 0 Å². The molecular formula is C9H16ClNO. The molecule has 0 N–H and O–H groups in total. The van der Waals surface area contributed by atoms with Crippen LogP contribution in [0.5, 0.6) is 0 Å². The van der Waals surface area contributed by atoms with E-state index in [2.05, 4.69) is 6.92 Å². The summed E-state index contributed by atoms with van der Waals surface area (Å²) in [7, 11) is 0. The van der Waals surface area contributed by atoms with Gasteiger partial charge >= 0.3 is 0 Å². The lowest BCUT2D eigenvalue weighted by Gasteiger charge is -2.21. The van der Waals surface area contributed by atoms with Crippen LogP contribution in [0.4, 0.5) is 0 Å². The van der Waals surface area contributed by atoms with E-state index >= 15 is 0 Å². The van der Waals surface area contributed by atoms with Crippen LogP contribution < -0.4 is 0 Å². The van der Waals surface area contributed by atoms with Gasteiger partial charge in [0, 0.05) is 24.9 Å². The molecule has 0 heterocycles. The lowest BCUT2D eigenvalue weighted by molar-refractivity contribution is -0.131. The topological polar surface area (TPSA) is 20.3 Å². The van der Waals surface area contributed by atoms with E-state index in [0.717, 1.165) is 13.0 Å². The Labute approximate surface area is 78.9 Å². The summed E-state index contributed by atoms with van der Waals surface area (Å²) >= 11 is 5.52. The first kappa shape index (κ1) is 9.85. The second-order valence-electron chi connectivity index (χ2n) is 3.26. The van der Waals surface area contributed by atoms with Gasteiger partial charge in [-0.3, -0.25) is 4.79 Å². The van der Waals surface area contributed by atoms with E-state index < -0.39 is 0 Å². The van der Waals surface area contributed by atoms with Crippen LogP contribution in [0.15, 0.2) is 0 Å². The van der Waals surface area contributed by atoms with Gasteiger partial charge in [0.1, 0.15) is 0 Å². The number of carbonyl (C=O) groups excluding carboxylic acids is 1. The van der Waals surface area contributed by atoms with E-state index in [1.165, 1.54) is 12.8 Å². The van der Waals surface area contributed by atoms with E-state index in [9.17, 15) is 4.79 Å². The van der Waals surface area contributed by atoms with Crippen molar-refractivity contribution in [1.82, 2.24) is 4.90 Å². The number of halogens is 1. The number of nitrogens with zero attached hydrogens (tertiary/aromatic N) is 1. The van der Waals surface area contributed by atoms with E-state index in [0.29, 0.717) is 18.3 Å². The van der Waals surface area contributed by atoms with E-state index in [4.69, 9.17) is 11.6 Å². The summed E-state index contributed by atoms with van der Waals surface area (Å²) in [6.45, 7) is 3.00. The van der Waals surface area contributed by atoms with Crippen LogP contribution in [0.25, 0.3) is 0 Å². The van der Waals surface area contributed by atoms with Crippen LogP contribution in [-0.4, -0.2) is 29.3 Å². The van der Waals surface area contributed by atoms with Crippen molar-refractivity contribution in [2.75, 3.05) is 12.4 Å². The summed E-state index contributed by atoms with van der Waals surface area (Å²) in [4.78, 5) is 13.4. The molecule has 0 spiro atoms. The molecule has 12 heavy (non-hydrogen) atoms. The Bertz CT molecular complexity index is 157. The Kier molecular flexibility index (Phi) is 3.86. The maximum atomic E-state index is 11.5. The summed E-state index contributed by atoms with van der Waals surface area (Å²) in [5.74, 6) is 0.681. The molecule has 1 fully saturated rings.